The van der Waals surface area contributed by atoms with Gasteiger partial charge in [-0.3, -0.25) is 14.6 Å². The van der Waals surface area contributed by atoms with Gasteiger partial charge in [-0.15, -0.1) is 0 Å². The first-order valence-corrected chi connectivity index (χ1v) is 14.2. The SMILES string of the molecule is COc1cc2cc(c1)C(=O)NCCCC(=O)N[C@H]1CN(CCc3cccc(C)n3)CC[C@@H]1OCc1cccc(c1)O2. The third-order valence-corrected chi connectivity index (χ3v) is 7.45. The van der Waals surface area contributed by atoms with Gasteiger partial charge in [0.2, 0.25) is 5.91 Å². The van der Waals surface area contributed by atoms with Gasteiger partial charge < -0.3 is 29.7 Å². The number of aryl methyl sites for hydroxylation is 1. The van der Waals surface area contributed by atoms with Gasteiger partial charge in [-0.2, -0.15) is 0 Å². The number of rotatable bonds is 4. The standard InChI is InChI=1S/C32H38N4O5/c1-22-6-3-8-25(34-22)11-14-36-15-12-30-29(20-36)35-31(37)10-5-13-33-32(38)24-17-27(39-2)19-28(18-24)41-26-9-4-7-23(16-26)21-40-30/h3-4,6-9,16-19,29-30H,5,10-15,20-21H2,1-2H3,(H,33,38)(H,35,37)/t29-,30-/m0/s1. The van der Waals surface area contributed by atoms with E-state index >= 15 is 0 Å². The Balaban J connectivity index is 1.31. The highest BCUT2D eigenvalue weighted by Crippen LogP contribution is 2.28. The molecule has 0 unspecified atom stereocenters. The Morgan fingerprint density at radius 3 is 2.80 bits per heavy atom. The van der Waals surface area contributed by atoms with Gasteiger partial charge >= 0.3 is 0 Å². The molecule has 41 heavy (non-hydrogen) atoms. The summed E-state index contributed by atoms with van der Waals surface area (Å²) < 4.78 is 17.9. The number of pyridine rings is 1. The highest BCUT2D eigenvalue weighted by atomic mass is 16.5. The fourth-order valence-electron chi connectivity index (χ4n) is 5.30. The Bertz CT molecular complexity index is 1360. The molecule has 2 aliphatic rings. The van der Waals surface area contributed by atoms with Crippen LogP contribution in [0.4, 0.5) is 0 Å². The number of benzene rings is 2. The molecular weight excluding hydrogens is 520 g/mol. The maximum atomic E-state index is 13.0. The summed E-state index contributed by atoms with van der Waals surface area (Å²) in [5.41, 5.74) is 3.48. The zero-order valence-electron chi connectivity index (χ0n) is 23.7. The molecule has 0 radical (unpaired) electrons. The Hall–Kier alpha value is -3.95. The van der Waals surface area contributed by atoms with Gasteiger partial charge in [0.15, 0.2) is 0 Å². The first-order valence-electron chi connectivity index (χ1n) is 14.2. The molecule has 3 aromatic rings. The lowest BCUT2D eigenvalue weighted by Gasteiger charge is -2.39. The molecule has 5 rings (SSSR count). The van der Waals surface area contributed by atoms with E-state index in [0.29, 0.717) is 55.4 Å². The lowest BCUT2D eigenvalue weighted by Crippen LogP contribution is -2.56. The van der Waals surface area contributed by atoms with Crippen molar-refractivity contribution in [1.82, 2.24) is 20.5 Å². The van der Waals surface area contributed by atoms with Crippen LogP contribution in [0.1, 0.15) is 46.6 Å². The normalized spacial score (nSPS) is 20.4. The van der Waals surface area contributed by atoms with Crippen molar-refractivity contribution in [3.8, 4) is 17.2 Å². The van der Waals surface area contributed by atoms with Crippen LogP contribution in [0.3, 0.4) is 0 Å². The molecular formula is C32H38N4O5. The number of carbonyl (C=O) groups excluding carboxylic acids is 2. The molecule has 0 spiro atoms. The minimum atomic E-state index is -0.247. The fourth-order valence-corrected chi connectivity index (χ4v) is 5.30. The molecule has 3 heterocycles. The van der Waals surface area contributed by atoms with Gasteiger partial charge in [-0.1, -0.05) is 18.2 Å². The molecule has 216 valence electrons. The molecule has 1 fully saturated rings. The quantitative estimate of drug-likeness (QED) is 0.499. The summed E-state index contributed by atoms with van der Waals surface area (Å²) >= 11 is 0. The van der Waals surface area contributed by atoms with E-state index in [2.05, 4.69) is 26.6 Å². The summed E-state index contributed by atoms with van der Waals surface area (Å²) in [4.78, 5) is 32.8. The van der Waals surface area contributed by atoms with Gasteiger partial charge in [0, 0.05) is 62.0 Å². The number of hydrogen-bond donors (Lipinski definition) is 2. The minimum absolute atomic E-state index is 0.0415. The van der Waals surface area contributed by atoms with Gasteiger partial charge in [-0.25, -0.2) is 0 Å². The average Bonchev–Trinajstić information content (AvgIpc) is 2.97. The van der Waals surface area contributed by atoms with E-state index in [1.165, 1.54) is 0 Å². The molecule has 2 atom stereocenters. The van der Waals surface area contributed by atoms with Crippen LogP contribution in [0.5, 0.6) is 17.2 Å². The average molecular weight is 559 g/mol. The van der Waals surface area contributed by atoms with Crippen LogP contribution in [0.25, 0.3) is 0 Å². The van der Waals surface area contributed by atoms with Crippen molar-refractivity contribution in [2.45, 2.75) is 51.4 Å². The summed E-state index contributed by atoms with van der Waals surface area (Å²) in [7, 11) is 1.55. The number of nitrogens with zero attached hydrogens (tertiary/aromatic N) is 2. The van der Waals surface area contributed by atoms with Crippen LogP contribution in [0.2, 0.25) is 0 Å². The highest BCUT2D eigenvalue weighted by Gasteiger charge is 2.31. The topological polar surface area (TPSA) is 102 Å². The summed E-state index contributed by atoms with van der Waals surface area (Å²) in [5.74, 6) is 1.37. The number of aromatic nitrogens is 1. The molecule has 2 aliphatic heterocycles. The molecule has 1 saturated heterocycles. The smallest absolute Gasteiger partial charge is 0.251 e. The Morgan fingerprint density at radius 1 is 1.07 bits per heavy atom. The fraction of sp³-hybridized carbons (Fsp3) is 0.406. The lowest BCUT2D eigenvalue weighted by atomic mass is 10.0. The van der Waals surface area contributed by atoms with E-state index in [9.17, 15) is 9.59 Å². The first-order chi connectivity index (χ1) is 19.9. The summed E-state index contributed by atoms with van der Waals surface area (Å²) in [6, 6.07) is 18.8. The van der Waals surface area contributed by atoms with Gasteiger partial charge in [0.1, 0.15) is 17.2 Å². The molecule has 1 aromatic heterocycles. The van der Waals surface area contributed by atoms with Crippen LogP contribution in [0.15, 0.2) is 60.7 Å². The minimum Gasteiger partial charge on any atom is -0.497 e. The van der Waals surface area contributed by atoms with Crippen LogP contribution < -0.4 is 20.1 Å². The van der Waals surface area contributed by atoms with Crippen molar-refractivity contribution in [2.75, 3.05) is 33.3 Å². The predicted octanol–water partition coefficient (Wildman–Crippen LogP) is 4.03. The highest BCUT2D eigenvalue weighted by molar-refractivity contribution is 5.95. The number of amides is 2. The number of piperidine rings is 1. The number of methoxy groups -OCH3 is 1. The zero-order valence-corrected chi connectivity index (χ0v) is 23.7. The van der Waals surface area contributed by atoms with Crippen molar-refractivity contribution < 1.29 is 23.8 Å². The number of ether oxygens (including phenoxy) is 3. The van der Waals surface area contributed by atoms with Crippen LogP contribution in [-0.2, 0) is 22.6 Å². The van der Waals surface area contributed by atoms with Gasteiger partial charge in [-0.05, 0) is 61.7 Å². The maximum Gasteiger partial charge on any atom is 0.251 e. The third-order valence-electron chi connectivity index (χ3n) is 7.45. The van der Waals surface area contributed by atoms with Crippen molar-refractivity contribution in [3.05, 3.63) is 83.2 Å². The summed E-state index contributed by atoms with van der Waals surface area (Å²) in [5, 5.41) is 6.13. The molecule has 2 aromatic carbocycles. The van der Waals surface area contributed by atoms with E-state index in [0.717, 1.165) is 42.9 Å². The molecule has 9 nitrogen and oxygen atoms in total. The van der Waals surface area contributed by atoms with Crippen LogP contribution >= 0.6 is 0 Å². The van der Waals surface area contributed by atoms with Gasteiger partial charge in [0.05, 0.1) is 25.9 Å². The van der Waals surface area contributed by atoms with Crippen LogP contribution in [-0.4, -0.2) is 67.1 Å². The van der Waals surface area contributed by atoms with E-state index < -0.39 is 0 Å². The predicted molar refractivity (Wildman–Crippen MR) is 155 cm³/mol. The maximum absolute atomic E-state index is 13.0. The second kappa shape index (κ2) is 13.6. The van der Waals surface area contributed by atoms with Crippen molar-refractivity contribution in [1.29, 1.82) is 0 Å². The molecule has 2 N–H and O–H groups in total. The molecule has 4 bridgehead atoms. The van der Waals surface area contributed by atoms with Crippen LogP contribution in [0, 0.1) is 6.92 Å². The van der Waals surface area contributed by atoms with Crippen molar-refractivity contribution in [3.63, 3.8) is 0 Å². The third kappa shape index (κ3) is 8.05. The number of fused-ring (bicyclic) bond motifs is 5. The molecule has 0 saturated carbocycles. The zero-order chi connectivity index (χ0) is 28.6. The summed E-state index contributed by atoms with van der Waals surface area (Å²) in [6.07, 6.45) is 2.39. The monoisotopic (exact) mass is 558 g/mol. The van der Waals surface area contributed by atoms with Crippen molar-refractivity contribution >= 4 is 11.8 Å². The number of hydrogen-bond acceptors (Lipinski definition) is 7. The van der Waals surface area contributed by atoms with Gasteiger partial charge in [0.25, 0.3) is 5.91 Å². The Kier molecular flexibility index (Phi) is 9.48. The molecule has 9 heteroatoms. The first kappa shape index (κ1) is 28.6. The van der Waals surface area contributed by atoms with E-state index in [4.69, 9.17) is 14.2 Å². The van der Waals surface area contributed by atoms with E-state index in [1.807, 2.05) is 43.3 Å². The second-order valence-electron chi connectivity index (χ2n) is 10.6. The molecule has 2 amide bonds. The summed E-state index contributed by atoms with van der Waals surface area (Å²) in [6.45, 7) is 5.24. The van der Waals surface area contributed by atoms with E-state index in [-0.39, 0.29) is 24.0 Å². The van der Waals surface area contributed by atoms with Crippen molar-refractivity contribution in [2.24, 2.45) is 0 Å². The molecule has 0 aliphatic carbocycles. The number of carbonyl (C=O) groups is 2. The number of nitrogens with one attached hydrogen (secondary N) is 2. The lowest BCUT2D eigenvalue weighted by molar-refractivity contribution is -0.124. The second-order valence-corrected chi connectivity index (χ2v) is 10.6. The Labute approximate surface area is 241 Å². The largest absolute Gasteiger partial charge is 0.497 e. The Morgan fingerprint density at radius 2 is 1.95 bits per heavy atom. The number of likely N-dealkylation sites (tertiary alicyclic amines) is 1. The van der Waals surface area contributed by atoms with E-state index in [1.54, 1.807) is 25.3 Å².